The predicted molar refractivity (Wildman–Crippen MR) is 70.8 cm³/mol. The number of nitrogens with zero attached hydrogens (tertiary/aromatic N) is 1. The van der Waals surface area contributed by atoms with Gasteiger partial charge in [0.25, 0.3) is 0 Å². The topological polar surface area (TPSA) is 33.1 Å². The Morgan fingerprint density at radius 3 is 2.71 bits per heavy atom. The summed E-state index contributed by atoms with van der Waals surface area (Å²) in [7, 11) is 0. The summed E-state index contributed by atoms with van der Waals surface area (Å²) in [5.41, 5.74) is 0.211. The predicted octanol–water partition coefficient (Wildman–Crippen LogP) is 3.49. The molecule has 0 saturated heterocycles. The van der Waals surface area contributed by atoms with E-state index in [0.717, 1.165) is 16.3 Å². The van der Waals surface area contributed by atoms with E-state index in [1.807, 2.05) is 31.3 Å². The fraction of sp³-hybridized carbons (Fsp3) is 0.400. The van der Waals surface area contributed by atoms with Gasteiger partial charge >= 0.3 is 0 Å². The van der Waals surface area contributed by atoms with Crippen molar-refractivity contribution in [1.82, 2.24) is 4.98 Å². The molecule has 1 N–H and O–H groups in total. The van der Waals surface area contributed by atoms with Crippen LogP contribution in [0.4, 0.5) is 0 Å². The second-order valence-corrected chi connectivity index (χ2v) is 4.83. The van der Waals surface area contributed by atoms with Gasteiger partial charge in [-0.25, -0.2) is 0 Å². The van der Waals surface area contributed by atoms with Crippen molar-refractivity contribution in [1.29, 1.82) is 0 Å². The lowest BCUT2D eigenvalue weighted by Gasteiger charge is -2.32. The minimum Gasteiger partial charge on any atom is -0.385 e. The normalized spacial score (nSPS) is 15.1. The van der Waals surface area contributed by atoms with E-state index in [1.165, 1.54) is 0 Å². The largest absolute Gasteiger partial charge is 0.385 e. The number of aliphatic hydroxyl groups is 1. The fourth-order valence-electron chi connectivity index (χ4n) is 2.40. The zero-order valence-electron chi connectivity index (χ0n) is 10.6. The molecule has 2 nitrogen and oxygen atoms in total. The highest BCUT2D eigenvalue weighted by atomic mass is 16.3. The molecule has 17 heavy (non-hydrogen) atoms. The van der Waals surface area contributed by atoms with Crippen LogP contribution in [-0.4, -0.2) is 10.1 Å². The first-order valence-electron chi connectivity index (χ1n) is 6.15. The van der Waals surface area contributed by atoms with E-state index >= 15 is 0 Å². The van der Waals surface area contributed by atoms with Crippen LogP contribution in [0.1, 0.15) is 32.8 Å². The number of pyridine rings is 1. The van der Waals surface area contributed by atoms with Gasteiger partial charge < -0.3 is 5.11 Å². The van der Waals surface area contributed by atoms with E-state index in [9.17, 15) is 5.11 Å². The Bertz CT molecular complexity index is 516. The zero-order chi connectivity index (χ0) is 12.5. The van der Waals surface area contributed by atoms with Gasteiger partial charge in [-0.15, -0.1) is 0 Å². The van der Waals surface area contributed by atoms with Crippen LogP contribution in [0, 0.1) is 5.92 Å². The van der Waals surface area contributed by atoms with Crippen molar-refractivity contribution < 1.29 is 5.11 Å². The maximum atomic E-state index is 10.8. The molecule has 0 aliphatic rings. The van der Waals surface area contributed by atoms with E-state index in [0.29, 0.717) is 6.42 Å². The summed E-state index contributed by atoms with van der Waals surface area (Å²) in [5, 5.41) is 13.0. The molecule has 0 aliphatic carbocycles. The fourth-order valence-corrected chi connectivity index (χ4v) is 2.40. The Kier molecular flexibility index (Phi) is 3.16. The zero-order valence-corrected chi connectivity index (χ0v) is 10.6. The average Bonchev–Trinajstić information content (AvgIpc) is 2.37. The van der Waals surface area contributed by atoms with Gasteiger partial charge in [-0.05, 0) is 29.4 Å². The molecule has 0 amide bonds. The highest BCUT2D eigenvalue weighted by molar-refractivity contribution is 5.85. The summed E-state index contributed by atoms with van der Waals surface area (Å²) >= 11 is 0. The van der Waals surface area contributed by atoms with Crippen molar-refractivity contribution in [3.8, 4) is 0 Å². The van der Waals surface area contributed by atoms with E-state index in [-0.39, 0.29) is 5.92 Å². The molecule has 1 atom stereocenters. The van der Waals surface area contributed by atoms with Gasteiger partial charge in [0.1, 0.15) is 0 Å². The lowest BCUT2D eigenvalue weighted by molar-refractivity contribution is -0.0126. The number of hydrogen-bond acceptors (Lipinski definition) is 2. The van der Waals surface area contributed by atoms with E-state index in [2.05, 4.69) is 24.9 Å². The van der Waals surface area contributed by atoms with Crippen molar-refractivity contribution in [2.24, 2.45) is 5.92 Å². The van der Waals surface area contributed by atoms with Crippen molar-refractivity contribution in [3.63, 3.8) is 0 Å². The summed E-state index contributed by atoms with van der Waals surface area (Å²) in [6.45, 7) is 6.13. The van der Waals surface area contributed by atoms with Crippen LogP contribution in [0.25, 0.3) is 10.8 Å². The summed E-state index contributed by atoms with van der Waals surface area (Å²) in [6.07, 6.45) is 4.33. The van der Waals surface area contributed by atoms with Gasteiger partial charge in [-0.2, -0.15) is 0 Å². The lowest BCUT2D eigenvalue weighted by Crippen LogP contribution is -2.31. The third-order valence-electron chi connectivity index (χ3n) is 3.64. The third-order valence-corrected chi connectivity index (χ3v) is 3.64. The molecule has 2 rings (SSSR count). The van der Waals surface area contributed by atoms with Crippen LogP contribution in [0.15, 0.2) is 36.7 Å². The quantitative estimate of drug-likeness (QED) is 0.874. The van der Waals surface area contributed by atoms with Crippen LogP contribution in [0.5, 0.6) is 0 Å². The van der Waals surface area contributed by atoms with E-state index in [4.69, 9.17) is 0 Å². The van der Waals surface area contributed by atoms with Gasteiger partial charge in [0.2, 0.25) is 0 Å². The summed E-state index contributed by atoms with van der Waals surface area (Å²) in [5.74, 6) is 0.179. The molecule has 0 spiro atoms. The van der Waals surface area contributed by atoms with Crippen molar-refractivity contribution in [2.75, 3.05) is 0 Å². The number of rotatable bonds is 3. The van der Waals surface area contributed by atoms with Crippen molar-refractivity contribution in [3.05, 3.63) is 42.2 Å². The minimum absolute atomic E-state index is 0.179. The third kappa shape index (κ3) is 1.93. The monoisotopic (exact) mass is 229 g/mol. The molecular formula is C15H19NO. The molecule has 0 fully saturated rings. The van der Waals surface area contributed by atoms with Gasteiger partial charge in [0.15, 0.2) is 0 Å². The molecule has 90 valence electrons. The van der Waals surface area contributed by atoms with Gasteiger partial charge in [-0.3, -0.25) is 4.98 Å². The molecule has 1 aromatic carbocycles. The number of aromatic nitrogens is 1. The van der Waals surface area contributed by atoms with Gasteiger partial charge in [0.05, 0.1) is 5.60 Å². The molecule has 0 saturated carbocycles. The molecule has 1 heterocycles. The molecule has 0 radical (unpaired) electrons. The molecule has 1 unspecified atom stereocenters. The second-order valence-electron chi connectivity index (χ2n) is 4.83. The second kappa shape index (κ2) is 4.46. The Morgan fingerprint density at radius 1 is 1.29 bits per heavy atom. The molecular weight excluding hydrogens is 210 g/mol. The maximum Gasteiger partial charge on any atom is 0.0923 e. The first kappa shape index (κ1) is 12.1. The van der Waals surface area contributed by atoms with Crippen molar-refractivity contribution >= 4 is 10.8 Å². The van der Waals surface area contributed by atoms with Crippen LogP contribution < -0.4 is 0 Å². The molecule has 1 aromatic heterocycles. The van der Waals surface area contributed by atoms with E-state index in [1.54, 1.807) is 6.20 Å². The Balaban J connectivity index is 2.70. The average molecular weight is 229 g/mol. The minimum atomic E-state index is -0.775. The Morgan fingerprint density at radius 2 is 2.06 bits per heavy atom. The smallest absolute Gasteiger partial charge is 0.0923 e. The first-order valence-corrected chi connectivity index (χ1v) is 6.15. The van der Waals surface area contributed by atoms with Crippen LogP contribution in [-0.2, 0) is 5.60 Å². The van der Waals surface area contributed by atoms with Crippen LogP contribution in [0.2, 0.25) is 0 Å². The molecule has 0 bridgehead atoms. The summed E-state index contributed by atoms with van der Waals surface area (Å²) in [4.78, 5) is 4.17. The lowest BCUT2D eigenvalue weighted by atomic mass is 9.79. The van der Waals surface area contributed by atoms with Crippen LogP contribution in [0.3, 0.4) is 0 Å². The Hall–Kier alpha value is -1.41. The van der Waals surface area contributed by atoms with Gasteiger partial charge in [-0.1, -0.05) is 39.0 Å². The molecule has 2 aromatic rings. The van der Waals surface area contributed by atoms with Gasteiger partial charge in [0, 0.05) is 17.8 Å². The number of benzene rings is 1. The highest BCUT2D eigenvalue weighted by Gasteiger charge is 2.32. The highest BCUT2D eigenvalue weighted by Crippen LogP contribution is 2.36. The van der Waals surface area contributed by atoms with E-state index < -0.39 is 5.60 Å². The maximum absolute atomic E-state index is 10.8. The number of fused-ring (bicyclic) bond motifs is 1. The van der Waals surface area contributed by atoms with Crippen LogP contribution >= 0.6 is 0 Å². The Labute approximate surface area is 102 Å². The summed E-state index contributed by atoms with van der Waals surface area (Å²) in [6, 6.07) is 8.04. The summed E-state index contributed by atoms with van der Waals surface area (Å²) < 4.78 is 0. The first-order chi connectivity index (χ1) is 8.09. The van der Waals surface area contributed by atoms with Crippen molar-refractivity contribution in [2.45, 2.75) is 32.8 Å². The number of hydrogen-bond donors (Lipinski definition) is 1. The molecule has 2 heteroatoms. The SMILES string of the molecule is CCC(O)(c1cccc2ccncc12)C(C)C. The molecule has 0 aliphatic heterocycles. The standard InChI is InChI=1S/C15H19NO/c1-4-15(17,11(2)3)14-7-5-6-12-8-9-16-10-13(12)14/h5-11,17H,4H2,1-3H3.